The SMILES string of the molecule is O=C(NC(Cc1cnc[nH]1)C(=O)O)c1cc(Cl)cc(Cl)c1. The van der Waals surface area contributed by atoms with Crippen LogP contribution in [0.3, 0.4) is 0 Å². The Hall–Kier alpha value is -2.05. The van der Waals surface area contributed by atoms with E-state index in [9.17, 15) is 14.7 Å². The van der Waals surface area contributed by atoms with Crippen LogP contribution in [0, 0.1) is 0 Å². The quantitative estimate of drug-likeness (QED) is 0.784. The van der Waals surface area contributed by atoms with Crippen LogP contribution >= 0.6 is 23.2 Å². The number of carboxylic acids is 1. The predicted molar refractivity (Wildman–Crippen MR) is 77.6 cm³/mol. The second-order valence-electron chi connectivity index (χ2n) is 4.30. The van der Waals surface area contributed by atoms with Crippen LogP contribution in [0.2, 0.25) is 10.0 Å². The Morgan fingerprint density at radius 2 is 1.95 bits per heavy atom. The maximum atomic E-state index is 12.1. The standard InChI is InChI=1S/C13H11Cl2N3O3/c14-8-1-7(2-9(15)3-8)12(19)18-11(13(20)21)4-10-5-16-6-17-10/h1-3,5-6,11H,4H2,(H,16,17)(H,18,19)(H,20,21). The van der Waals surface area contributed by atoms with Crippen molar-refractivity contribution in [3.05, 3.63) is 52.0 Å². The molecule has 0 aliphatic rings. The first-order chi connectivity index (χ1) is 9.95. The van der Waals surface area contributed by atoms with Crippen LogP contribution in [0.1, 0.15) is 16.1 Å². The fourth-order valence-electron chi connectivity index (χ4n) is 1.74. The largest absolute Gasteiger partial charge is 0.480 e. The molecule has 8 heteroatoms. The molecule has 1 atom stereocenters. The van der Waals surface area contributed by atoms with Crippen molar-refractivity contribution in [1.29, 1.82) is 0 Å². The van der Waals surface area contributed by atoms with E-state index in [4.69, 9.17) is 23.2 Å². The van der Waals surface area contributed by atoms with Crippen molar-refractivity contribution in [2.24, 2.45) is 0 Å². The monoisotopic (exact) mass is 327 g/mol. The molecule has 2 aromatic rings. The third-order valence-electron chi connectivity index (χ3n) is 2.71. The first-order valence-electron chi connectivity index (χ1n) is 5.92. The van der Waals surface area contributed by atoms with Gasteiger partial charge in [-0.15, -0.1) is 0 Å². The number of benzene rings is 1. The lowest BCUT2D eigenvalue weighted by Gasteiger charge is -2.14. The first-order valence-corrected chi connectivity index (χ1v) is 6.68. The molecule has 1 amide bonds. The first kappa shape index (κ1) is 15.3. The van der Waals surface area contributed by atoms with Gasteiger partial charge < -0.3 is 15.4 Å². The van der Waals surface area contributed by atoms with E-state index in [-0.39, 0.29) is 12.0 Å². The molecule has 0 fully saturated rings. The van der Waals surface area contributed by atoms with Gasteiger partial charge in [0.05, 0.1) is 6.33 Å². The summed E-state index contributed by atoms with van der Waals surface area (Å²) in [5.41, 5.74) is 0.801. The molecule has 1 heterocycles. The Balaban J connectivity index is 2.12. The van der Waals surface area contributed by atoms with Gasteiger partial charge in [-0.25, -0.2) is 9.78 Å². The highest BCUT2D eigenvalue weighted by molar-refractivity contribution is 6.35. The zero-order chi connectivity index (χ0) is 15.4. The van der Waals surface area contributed by atoms with Crippen molar-refractivity contribution < 1.29 is 14.7 Å². The van der Waals surface area contributed by atoms with Crippen LogP contribution < -0.4 is 5.32 Å². The van der Waals surface area contributed by atoms with Crippen molar-refractivity contribution in [3.8, 4) is 0 Å². The topological polar surface area (TPSA) is 95.1 Å². The van der Waals surface area contributed by atoms with Gasteiger partial charge >= 0.3 is 5.97 Å². The number of carbonyl (C=O) groups excluding carboxylic acids is 1. The lowest BCUT2D eigenvalue weighted by atomic mass is 10.1. The highest BCUT2D eigenvalue weighted by Crippen LogP contribution is 2.19. The second-order valence-corrected chi connectivity index (χ2v) is 5.18. The molecule has 1 aromatic heterocycles. The van der Waals surface area contributed by atoms with E-state index in [1.165, 1.54) is 30.7 Å². The molecule has 21 heavy (non-hydrogen) atoms. The highest BCUT2D eigenvalue weighted by Gasteiger charge is 2.22. The van der Waals surface area contributed by atoms with E-state index in [0.29, 0.717) is 15.7 Å². The molecule has 0 saturated heterocycles. The predicted octanol–water partition coefficient (Wildman–Crippen LogP) is 2.14. The zero-order valence-electron chi connectivity index (χ0n) is 10.6. The number of H-pyrrole nitrogens is 1. The fourth-order valence-corrected chi connectivity index (χ4v) is 2.27. The van der Waals surface area contributed by atoms with Crippen LogP contribution in [0.5, 0.6) is 0 Å². The molecule has 6 nitrogen and oxygen atoms in total. The Morgan fingerprint density at radius 1 is 1.29 bits per heavy atom. The van der Waals surface area contributed by atoms with E-state index in [1.807, 2.05) is 0 Å². The number of carbonyl (C=O) groups is 2. The number of hydrogen-bond donors (Lipinski definition) is 3. The number of carboxylic acid groups (broad SMARTS) is 1. The molecule has 1 aromatic carbocycles. The summed E-state index contributed by atoms with van der Waals surface area (Å²) in [5.74, 6) is -1.71. The van der Waals surface area contributed by atoms with Crippen molar-refractivity contribution in [1.82, 2.24) is 15.3 Å². The van der Waals surface area contributed by atoms with Crippen molar-refractivity contribution in [2.75, 3.05) is 0 Å². The van der Waals surface area contributed by atoms with Crippen LogP contribution in [0.15, 0.2) is 30.7 Å². The Morgan fingerprint density at radius 3 is 2.48 bits per heavy atom. The minimum Gasteiger partial charge on any atom is -0.480 e. The number of amides is 1. The lowest BCUT2D eigenvalue weighted by Crippen LogP contribution is -2.42. The van der Waals surface area contributed by atoms with E-state index < -0.39 is 17.9 Å². The molecule has 0 aliphatic heterocycles. The number of nitrogens with one attached hydrogen (secondary N) is 2. The van der Waals surface area contributed by atoms with Gasteiger partial charge in [0.15, 0.2) is 0 Å². The van der Waals surface area contributed by atoms with Gasteiger partial charge in [-0.05, 0) is 18.2 Å². The van der Waals surface area contributed by atoms with Gasteiger partial charge in [0.25, 0.3) is 5.91 Å². The Labute approximate surface area is 130 Å². The number of aromatic nitrogens is 2. The summed E-state index contributed by atoms with van der Waals surface area (Å²) >= 11 is 11.6. The van der Waals surface area contributed by atoms with Crippen molar-refractivity contribution in [3.63, 3.8) is 0 Å². The maximum Gasteiger partial charge on any atom is 0.326 e. The number of rotatable bonds is 5. The Bertz CT molecular complexity index is 638. The summed E-state index contributed by atoms with van der Waals surface area (Å²) in [6.07, 6.45) is 3.03. The number of aromatic amines is 1. The molecule has 0 bridgehead atoms. The zero-order valence-corrected chi connectivity index (χ0v) is 12.1. The molecule has 3 N–H and O–H groups in total. The van der Waals surface area contributed by atoms with Gasteiger partial charge in [-0.1, -0.05) is 23.2 Å². The molecule has 0 saturated carbocycles. The summed E-state index contributed by atoms with van der Waals surface area (Å²) in [4.78, 5) is 29.9. The van der Waals surface area contributed by atoms with Gasteiger partial charge in [0, 0.05) is 33.9 Å². The third-order valence-corrected chi connectivity index (χ3v) is 3.14. The van der Waals surface area contributed by atoms with E-state index in [2.05, 4.69) is 15.3 Å². The van der Waals surface area contributed by atoms with Crippen LogP contribution in [-0.4, -0.2) is 33.0 Å². The molecule has 2 rings (SSSR count). The van der Waals surface area contributed by atoms with Crippen LogP contribution in [-0.2, 0) is 11.2 Å². The molecular weight excluding hydrogens is 317 g/mol. The molecular formula is C13H11Cl2N3O3. The van der Waals surface area contributed by atoms with E-state index in [0.717, 1.165) is 0 Å². The minimum absolute atomic E-state index is 0.0926. The van der Waals surface area contributed by atoms with Gasteiger partial charge in [0.2, 0.25) is 0 Å². The highest BCUT2D eigenvalue weighted by atomic mass is 35.5. The maximum absolute atomic E-state index is 12.1. The average Bonchev–Trinajstić information content (AvgIpc) is 2.89. The smallest absolute Gasteiger partial charge is 0.326 e. The second kappa shape index (κ2) is 6.60. The van der Waals surface area contributed by atoms with E-state index in [1.54, 1.807) is 0 Å². The summed E-state index contributed by atoms with van der Waals surface area (Å²) in [6.45, 7) is 0. The summed E-state index contributed by atoms with van der Waals surface area (Å²) < 4.78 is 0. The molecule has 110 valence electrons. The number of aliphatic carboxylic acids is 1. The molecule has 0 radical (unpaired) electrons. The summed E-state index contributed by atoms with van der Waals surface area (Å²) in [7, 11) is 0. The normalized spacial score (nSPS) is 11.9. The summed E-state index contributed by atoms with van der Waals surface area (Å²) in [5, 5.41) is 12.2. The fraction of sp³-hybridized carbons (Fsp3) is 0.154. The van der Waals surface area contributed by atoms with Crippen LogP contribution in [0.25, 0.3) is 0 Å². The minimum atomic E-state index is -1.15. The third kappa shape index (κ3) is 4.21. The Kier molecular flexibility index (Phi) is 4.82. The van der Waals surface area contributed by atoms with E-state index >= 15 is 0 Å². The van der Waals surface area contributed by atoms with Crippen LogP contribution in [0.4, 0.5) is 0 Å². The van der Waals surface area contributed by atoms with Gasteiger partial charge in [0.1, 0.15) is 6.04 Å². The number of imidazole rings is 1. The van der Waals surface area contributed by atoms with Crippen molar-refractivity contribution in [2.45, 2.75) is 12.5 Å². The molecule has 0 spiro atoms. The average molecular weight is 328 g/mol. The van der Waals surface area contributed by atoms with Gasteiger partial charge in [-0.2, -0.15) is 0 Å². The number of nitrogens with zero attached hydrogens (tertiary/aromatic N) is 1. The molecule has 1 unspecified atom stereocenters. The lowest BCUT2D eigenvalue weighted by molar-refractivity contribution is -0.139. The summed E-state index contributed by atoms with van der Waals surface area (Å²) in [6, 6.07) is 3.23. The van der Waals surface area contributed by atoms with Crippen molar-refractivity contribution >= 4 is 35.1 Å². The number of halogens is 2. The number of hydrogen-bond acceptors (Lipinski definition) is 3. The van der Waals surface area contributed by atoms with Gasteiger partial charge in [-0.3, -0.25) is 4.79 Å². The molecule has 0 aliphatic carbocycles.